The Morgan fingerprint density at radius 1 is 1.03 bits per heavy atom. The van der Waals surface area contributed by atoms with Gasteiger partial charge in [0, 0.05) is 10.6 Å². The highest BCUT2D eigenvalue weighted by Gasteiger charge is 2.33. The van der Waals surface area contributed by atoms with Gasteiger partial charge in [-0.2, -0.15) is 13.2 Å². The summed E-state index contributed by atoms with van der Waals surface area (Å²) in [5, 5.41) is 9.76. The van der Waals surface area contributed by atoms with E-state index in [1.807, 2.05) is 30.3 Å². The molecule has 0 saturated carbocycles. The second kappa shape index (κ2) is 9.27. The van der Waals surface area contributed by atoms with Crippen LogP contribution in [-0.2, 0) is 12.8 Å². The molecule has 0 amide bonds. The SMILES string of the molecule is O=C(O)c1cc(C(F)(F)F)cc(C2=C(c3cc(Cl)ccc3OCc3ccccc3)CCC2)n1. The van der Waals surface area contributed by atoms with Crippen LogP contribution in [0.25, 0.3) is 11.1 Å². The van der Waals surface area contributed by atoms with Gasteiger partial charge in [0.2, 0.25) is 0 Å². The number of hydrogen-bond donors (Lipinski definition) is 1. The number of aromatic carboxylic acids is 1. The van der Waals surface area contributed by atoms with Crippen molar-refractivity contribution in [2.75, 3.05) is 0 Å². The van der Waals surface area contributed by atoms with E-state index >= 15 is 0 Å². The predicted molar refractivity (Wildman–Crippen MR) is 119 cm³/mol. The normalized spacial score (nSPS) is 13.9. The molecule has 0 saturated heterocycles. The van der Waals surface area contributed by atoms with Crippen LogP contribution in [0.2, 0.25) is 5.02 Å². The molecule has 1 aromatic heterocycles. The van der Waals surface area contributed by atoms with Crippen molar-refractivity contribution in [3.05, 3.63) is 93.8 Å². The number of hydrogen-bond acceptors (Lipinski definition) is 3. The molecule has 0 bridgehead atoms. The number of aromatic nitrogens is 1. The van der Waals surface area contributed by atoms with Gasteiger partial charge in [0.25, 0.3) is 0 Å². The Kier molecular flexibility index (Phi) is 6.42. The molecule has 3 aromatic rings. The number of ether oxygens (including phenoxy) is 1. The molecule has 0 atom stereocenters. The number of alkyl halides is 3. The first-order valence-electron chi connectivity index (χ1n) is 10.2. The molecule has 1 N–H and O–H groups in total. The van der Waals surface area contributed by atoms with Crippen molar-refractivity contribution in [1.82, 2.24) is 4.98 Å². The summed E-state index contributed by atoms with van der Waals surface area (Å²) in [6.45, 7) is 0.309. The van der Waals surface area contributed by atoms with Gasteiger partial charge in [-0.3, -0.25) is 0 Å². The zero-order valence-electron chi connectivity index (χ0n) is 17.3. The van der Waals surface area contributed by atoms with Gasteiger partial charge in [-0.15, -0.1) is 0 Å². The Bertz CT molecular complexity index is 1220. The molecule has 1 aliphatic carbocycles. The van der Waals surface area contributed by atoms with Crippen molar-refractivity contribution in [2.24, 2.45) is 0 Å². The zero-order chi connectivity index (χ0) is 23.6. The quantitative estimate of drug-likeness (QED) is 0.414. The van der Waals surface area contributed by atoms with E-state index < -0.39 is 23.4 Å². The largest absolute Gasteiger partial charge is 0.488 e. The van der Waals surface area contributed by atoms with Crippen molar-refractivity contribution < 1.29 is 27.8 Å². The van der Waals surface area contributed by atoms with E-state index in [0.29, 0.717) is 53.8 Å². The highest BCUT2D eigenvalue weighted by Crippen LogP contribution is 2.44. The number of allylic oxidation sites excluding steroid dienone is 2. The lowest BCUT2D eigenvalue weighted by molar-refractivity contribution is -0.137. The summed E-state index contributed by atoms with van der Waals surface area (Å²) >= 11 is 6.24. The third-order valence-electron chi connectivity index (χ3n) is 5.40. The van der Waals surface area contributed by atoms with Crippen LogP contribution in [0, 0.1) is 0 Å². The molecule has 1 heterocycles. The fourth-order valence-corrected chi connectivity index (χ4v) is 4.05. The maximum atomic E-state index is 13.4. The molecule has 33 heavy (non-hydrogen) atoms. The summed E-state index contributed by atoms with van der Waals surface area (Å²) < 4.78 is 46.3. The number of halogens is 4. The third-order valence-corrected chi connectivity index (χ3v) is 5.64. The van der Waals surface area contributed by atoms with E-state index in [9.17, 15) is 23.1 Å². The molecule has 4 rings (SSSR count). The number of benzene rings is 2. The first kappa shape index (κ1) is 22.9. The maximum absolute atomic E-state index is 13.4. The van der Waals surface area contributed by atoms with Crippen LogP contribution >= 0.6 is 11.6 Å². The molecule has 0 unspecified atom stereocenters. The molecule has 170 valence electrons. The smallest absolute Gasteiger partial charge is 0.416 e. The second-order valence-electron chi connectivity index (χ2n) is 7.65. The number of pyridine rings is 1. The van der Waals surface area contributed by atoms with Crippen LogP contribution in [0.3, 0.4) is 0 Å². The van der Waals surface area contributed by atoms with Gasteiger partial charge >= 0.3 is 12.1 Å². The van der Waals surface area contributed by atoms with Gasteiger partial charge in [0.05, 0.1) is 11.3 Å². The van der Waals surface area contributed by atoms with Gasteiger partial charge in [-0.25, -0.2) is 9.78 Å². The molecule has 0 aliphatic heterocycles. The summed E-state index contributed by atoms with van der Waals surface area (Å²) in [4.78, 5) is 15.5. The number of carboxylic acids is 1. The van der Waals surface area contributed by atoms with Gasteiger partial charge in [-0.05, 0) is 66.3 Å². The molecule has 0 radical (unpaired) electrons. The van der Waals surface area contributed by atoms with Crippen LogP contribution in [0.1, 0.15) is 52.1 Å². The van der Waals surface area contributed by atoms with Gasteiger partial charge in [-0.1, -0.05) is 41.9 Å². The zero-order valence-corrected chi connectivity index (χ0v) is 18.1. The number of carboxylic acid groups (broad SMARTS) is 1. The fourth-order valence-electron chi connectivity index (χ4n) is 3.88. The summed E-state index contributed by atoms with van der Waals surface area (Å²) in [5.41, 5.74) is 1.26. The minimum absolute atomic E-state index is 0.00344. The number of rotatable bonds is 6. The van der Waals surface area contributed by atoms with E-state index in [0.717, 1.165) is 17.2 Å². The third kappa shape index (κ3) is 5.20. The van der Waals surface area contributed by atoms with Crippen molar-refractivity contribution in [2.45, 2.75) is 32.0 Å². The maximum Gasteiger partial charge on any atom is 0.416 e. The molecule has 2 aromatic carbocycles. The predicted octanol–water partition coefficient (Wildman–Crippen LogP) is 7.13. The van der Waals surface area contributed by atoms with Crippen molar-refractivity contribution in [3.8, 4) is 5.75 Å². The van der Waals surface area contributed by atoms with E-state index in [-0.39, 0.29) is 5.69 Å². The Labute approximate surface area is 193 Å². The monoisotopic (exact) mass is 473 g/mol. The summed E-state index contributed by atoms with van der Waals surface area (Å²) in [7, 11) is 0. The highest BCUT2D eigenvalue weighted by molar-refractivity contribution is 6.30. The second-order valence-corrected chi connectivity index (χ2v) is 8.09. The molecular weight excluding hydrogens is 455 g/mol. The molecule has 0 fully saturated rings. The molecular formula is C25H19ClF3NO3. The van der Waals surface area contributed by atoms with Crippen LogP contribution < -0.4 is 4.74 Å². The molecule has 8 heteroatoms. The Morgan fingerprint density at radius 2 is 1.76 bits per heavy atom. The van der Waals surface area contributed by atoms with Crippen molar-refractivity contribution >= 4 is 28.7 Å². The Morgan fingerprint density at radius 3 is 2.45 bits per heavy atom. The van der Waals surface area contributed by atoms with Crippen LogP contribution in [0.4, 0.5) is 13.2 Å². The number of carbonyl (C=O) groups is 1. The molecule has 0 spiro atoms. The van der Waals surface area contributed by atoms with E-state index in [1.165, 1.54) is 0 Å². The minimum atomic E-state index is -4.69. The summed E-state index contributed by atoms with van der Waals surface area (Å²) in [6, 6.07) is 16.1. The van der Waals surface area contributed by atoms with E-state index in [1.54, 1.807) is 18.2 Å². The average molecular weight is 474 g/mol. The molecule has 1 aliphatic rings. The van der Waals surface area contributed by atoms with Crippen LogP contribution in [0.5, 0.6) is 5.75 Å². The van der Waals surface area contributed by atoms with E-state index in [4.69, 9.17) is 16.3 Å². The number of nitrogens with zero attached hydrogens (tertiary/aromatic N) is 1. The first-order chi connectivity index (χ1) is 15.7. The topological polar surface area (TPSA) is 59.4 Å². The lowest BCUT2D eigenvalue weighted by Gasteiger charge is -2.16. The average Bonchev–Trinajstić information content (AvgIpc) is 3.28. The van der Waals surface area contributed by atoms with Gasteiger partial charge in [0.1, 0.15) is 18.1 Å². The fraction of sp³-hybridized carbons (Fsp3) is 0.200. The highest BCUT2D eigenvalue weighted by atomic mass is 35.5. The van der Waals surface area contributed by atoms with Gasteiger partial charge in [0.15, 0.2) is 0 Å². The lowest BCUT2D eigenvalue weighted by atomic mass is 9.98. The standard InChI is InChI=1S/C25H19ClF3NO3/c26-17-9-10-23(33-14-15-5-2-1-3-6-15)20(13-17)18-7-4-8-19(18)21-11-16(25(27,28)29)12-22(30-21)24(31)32/h1-3,5-6,9-13H,4,7-8,14H2,(H,31,32). The Balaban J connectivity index is 1.79. The van der Waals surface area contributed by atoms with E-state index in [2.05, 4.69) is 4.98 Å². The summed E-state index contributed by atoms with van der Waals surface area (Å²) in [6.07, 6.45) is -2.96. The lowest BCUT2D eigenvalue weighted by Crippen LogP contribution is -2.11. The summed E-state index contributed by atoms with van der Waals surface area (Å²) in [5.74, 6) is -0.972. The van der Waals surface area contributed by atoms with Crippen LogP contribution in [-0.4, -0.2) is 16.1 Å². The van der Waals surface area contributed by atoms with Gasteiger partial charge < -0.3 is 9.84 Å². The van der Waals surface area contributed by atoms with Crippen molar-refractivity contribution in [3.63, 3.8) is 0 Å². The molecule has 4 nitrogen and oxygen atoms in total. The first-order valence-corrected chi connectivity index (χ1v) is 10.6. The van der Waals surface area contributed by atoms with Crippen molar-refractivity contribution in [1.29, 1.82) is 0 Å². The Hall–Kier alpha value is -3.32. The van der Waals surface area contributed by atoms with Crippen LogP contribution in [0.15, 0.2) is 60.7 Å². The minimum Gasteiger partial charge on any atom is -0.488 e.